The maximum absolute atomic E-state index is 5.82. The van der Waals surface area contributed by atoms with Crippen LogP contribution >= 0.6 is 0 Å². The number of hydrogen-bond acceptors (Lipinski definition) is 2. The number of nitrogens with one attached hydrogen (secondary N) is 1. The van der Waals surface area contributed by atoms with E-state index in [2.05, 4.69) is 19.2 Å². The third-order valence-electron chi connectivity index (χ3n) is 5.64. The molecule has 0 aromatic rings. The number of rotatable bonds is 9. The van der Waals surface area contributed by atoms with Gasteiger partial charge in [-0.15, -0.1) is 0 Å². The quantitative estimate of drug-likeness (QED) is 0.652. The fourth-order valence-corrected chi connectivity index (χ4v) is 4.36. The van der Waals surface area contributed by atoms with E-state index in [1.165, 1.54) is 77.2 Å². The third kappa shape index (κ3) is 5.90. The van der Waals surface area contributed by atoms with Crippen molar-refractivity contribution in [2.45, 2.75) is 96.6 Å². The van der Waals surface area contributed by atoms with Crippen LogP contribution in [0.15, 0.2) is 0 Å². The van der Waals surface area contributed by atoms with E-state index in [4.69, 9.17) is 4.74 Å². The Labute approximate surface area is 132 Å². The van der Waals surface area contributed by atoms with Crippen molar-refractivity contribution in [3.05, 3.63) is 0 Å². The Morgan fingerprint density at radius 1 is 1.00 bits per heavy atom. The molecule has 1 saturated heterocycles. The maximum Gasteiger partial charge on any atom is 0.0576 e. The van der Waals surface area contributed by atoms with E-state index in [1.54, 1.807) is 0 Å². The van der Waals surface area contributed by atoms with Crippen LogP contribution < -0.4 is 5.32 Å². The summed E-state index contributed by atoms with van der Waals surface area (Å²) in [4.78, 5) is 0. The highest BCUT2D eigenvalue weighted by Gasteiger charge is 2.28. The summed E-state index contributed by atoms with van der Waals surface area (Å²) in [5.74, 6) is 1.95. The van der Waals surface area contributed by atoms with Crippen molar-refractivity contribution < 1.29 is 4.74 Å². The van der Waals surface area contributed by atoms with E-state index < -0.39 is 0 Å². The van der Waals surface area contributed by atoms with E-state index >= 15 is 0 Å². The molecule has 0 bridgehead atoms. The molecule has 2 nitrogen and oxygen atoms in total. The smallest absolute Gasteiger partial charge is 0.0576 e. The normalized spacial score (nSPS) is 31.4. The van der Waals surface area contributed by atoms with Gasteiger partial charge >= 0.3 is 0 Å². The summed E-state index contributed by atoms with van der Waals surface area (Å²) in [7, 11) is 0. The first kappa shape index (κ1) is 17.3. The zero-order chi connectivity index (χ0) is 14.9. The molecule has 2 rings (SSSR count). The van der Waals surface area contributed by atoms with Crippen molar-refractivity contribution in [2.24, 2.45) is 11.8 Å². The van der Waals surface area contributed by atoms with E-state index in [0.29, 0.717) is 6.10 Å². The largest absolute Gasteiger partial charge is 0.378 e. The van der Waals surface area contributed by atoms with Gasteiger partial charge in [-0.05, 0) is 63.3 Å². The highest BCUT2D eigenvalue weighted by molar-refractivity contribution is 4.83. The Morgan fingerprint density at radius 2 is 1.81 bits per heavy atom. The Morgan fingerprint density at radius 3 is 2.43 bits per heavy atom. The van der Waals surface area contributed by atoms with Crippen LogP contribution in [-0.2, 0) is 4.74 Å². The lowest BCUT2D eigenvalue weighted by molar-refractivity contribution is 0.0943. The molecular formula is C19H37NO. The average molecular weight is 296 g/mol. The van der Waals surface area contributed by atoms with Crippen LogP contribution in [0.1, 0.15) is 84.5 Å². The molecule has 0 aromatic heterocycles. The lowest BCUT2D eigenvalue weighted by Gasteiger charge is -2.35. The topological polar surface area (TPSA) is 21.3 Å². The number of hydrogen-bond donors (Lipinski definition) is 1. The van der Waals surface area contributed by atoms with Crippen LogP contribution in [0.25, 0.3) is 0 Å². The Kier molecular flexibility index (Phi) is 8.10. The first-order chi connectivity index (χ1) is 10.3. The summed E-state index contributed by atoms with van der Waals surface area (Å²) in [6.45, 7) is 6.80. The molecule has 2 atom stereocenters. The Bertz CT molecular complexity index is 254. The molecule has 21 heavy (non-hydrogen) atoms. The van der Waals surface area contributed by atoms with Gasteiger partial charge in [-0.2, -0.15) is 0 Å². The van der Waals surface area contributed by atoms with E-state index in [9.17, 15) is 0 Å². The lowest BCUT2D eigenvalue weighted by Crippen LogP contribution is -2.39. The Hall–Kier alpha value is -0.0800. The molecule has 0 spiro atoms. The summed E-state index contributed by atoms with van der Waals surface area (Å²) in [6.07, 6.45) is 15.7. The summed E-state index contributed by atoms with van der Waals surface area (Å²) in [6, 6.07) is 0.747. The standard InChI is InChI=1S/C19H37NO/c1-3-6-16-8-10-17(11-9-16)19(20-14-4-2)13-12-18-7-5-15-21-18/h16-20H,3-15H2,1-2H3. The van der Waals surface area contributed by atoms with Gasteiger partial charge in [-0.3, -0.25) is 0 Å². The highest BCUT2D eigenvalue weighted by Crippen LogP contribution is 2.34. The second-order valence-electron chi connectivity index (χ2n) is 7.34. The second kappa shape index (κ2) is 9.84. The third-order valence-corrected chi connectivity index (χ3v) is 5.64. The zero-order valence-corrected chi connectivity index (χ0v) is 14.4. The summed E-state index contributed by atoms with van der Waals surface area (Å²) < 4.78 is 5.82. The van der Waals surface area contributed by atoms with Crippen molar-refractivity contribution in [3.8, 4) is 0 Å². The van der Waals surface area contributed by atoms with Gasteiger partial charge in [0.05, 0.1) is 6.10 Å². The van der Waals surface area contributed by atoms with E-state index in [-0.39, 0.29) is 0 Å². The lowest BCUT2D eigenvalue weighted by atomic mass is 9.76. The summed E-state index contributed by atoms with van der Waals surface area (Å²) >= 11 is 0. The van der Waals surface area contributed by atoms with Crippen molar-refractivity contribution in [1.82, 2.24) is 5.32 Å². The van der Waals surface area contributed by atoms with Crippen LogP contribution in [0.2, 0.25) is 0 Å². The minimum atomic E-state index is 0.562. The molecule has 1 saturated carbocycles. The monoisotopic (exact) mass is 295 g/mol. The number of ether oxygens (including phenoxy) is 1. The first-order valence-electron chi connectivity index (χ1n) is 9.68. The van der Waals surface area contributed by atoms with Crippen LogP contribution in [-0.4, -0.2) is 25.3 Å². The SMILES string of the molecule is CCCNC(CCC1CCCO1)C1CCC(CCC)CC1. The molecule has 1 aliphatic carbocycles. The Balaban J connectivity index is 1.75. The molecule has 1 aliphatic heterocycles. The van der Waals surface area contributed by atoms with Crippen LogP contribution in [0.3, 0.4) is 0 Å². The van der Waals surface area contributed by atoms with Gasteiger partial charge < -0.3 is 10.1 Å². The van der Waals surface area contributed by atoms with Gasteiger partial charge in [0, 0.05) is 12.6 Å². The predicted molar refractivity (Wildman–Crippen MR) is 90.6 cm³/mol. The van der Waals surface area contributed by atoms with Gasteiger partial charge in [-0.25, -0.2) is 0 Å². The minimum Gasteiger partial charge on any atom is -0.378 e. The van der Waals surface area contributed by atoms with Crippen LogP contribution in [0.4, 0.5) is 0 Å². The summed E-state index contributed by atoms with van der Waals surface area (Å²) in [5, 5.41) is 3.85. The summed E-state index contributed by atoms with van der Waals surface area (Å²) in [5.41, 5.74) is 0. The first-order valence-corrected chi connectivity index (χ1v) is 9.68. The van der Waals surface area contributed by atoms with Gasteiger partial charge in [0.1, 0.15) is 0 Å². The van der Waals surface area contributed by atoms with E-state index in [0.717, 1.165) is 24.5 Å². The minimum absolute atomic E-state index is 0.562. The second-order valence-corrected chi connectivity index (χ2v) is 7.34. The van der Waals surface area contributed by atoms with Crippen molar-refractivity contribution in [3.63, 3.8) is 0 Å². The van der Waals surface area contributed by atoms with Gasteiger partial charge in [0.25, 0.3) is 0 Å². The van der Waals surface area contributed by atoms with Gasteiger partial charge in [-0.1, -0.05) is 39.5 Å². The molecule has 1 heterocycles. The molecule has 124 valence electrons. The molecule has 2 fully saturated rings. The van der Waals surface area contributed by atoms with Crippen LogP contribution in [0.5, 0.6) is 0 Å². The van der Waals surface area contributed by atoms with Gasteiger partial charge in [0.15, 0.2) is 0 Å². The highest BCUT2D eigenvalue weighted by atomic mass is 16.5. The van der Waals surface area contributed by atoms with Crippen molar-refractivity contribution >= 4 is 0 Å². The predicted octanol–water partition coefficient (Wildman–Crippen LogP) is 4.92. The maximum atomic E-state index is 5.82. The molecule has 0 radical (unpaired) electrons. The average Bonchev–Trinajstić information content (AvgIpc) is 3.02. The molecule has 0 amide bonds. The molecule has 2 heteroatoms. The fourth-order valence-electron chi connectivity index (χ4n) is 4.36. The molecule has 0 aromatic carbocycles. The van der Waals surface area contributed by atoms with Crippen molar-refractivity contribution in [1.29, 1.82) is 0 Å². The molecule has 1 N–H and O–H groups in total. The van der Waals surface area contributed by atoms with Crippen molar-refractivity contribution in [2.75, 3.05) is 13.2 Å². The van der Waals surface area contributed by atoms with Gasteiger partial charge in [0.2, 0.25) is 0 Å². The fraction of sp³-hybridized carbons (Fsp3) is 1.00. The molecule has 2 aliphatic rings. The molecular weight excluding hydrogens is 258 g/mol. The van der Waals surface area contributed by atoms with Crippen LogP contribution in [0, 0.1) is 11.8 Å². The van der Waals surface area contributed by atoms with E-state index in [1.807, 2.05) is 0 Å². The molecule has 2 unspecified atom stereocenters. The zero-order valence-electron chi connectivity index (χ0n) is 14.4.